The smallest absolute Gasteiger partial charge is 0.315 e. The van der Waals surface area contributed by atoms with Crippen LogP contribution in [0, 0.1) is 11.7 Å². The molecule has 3 aliphatic rings. The highest BCUT2D eigenvalue weighted by molar-refractivity contribution is 6.09. The molecule has 3 unspecified atom stereocenters. The number of halogens is 1. The monoisotopic (exact) mass is 435 g/mol. The first kappa shape index (κ1) is 20.4. The van der Waals surface area contributed by atoms with Gasteiger partial charge in [-0.15, -0.1) is 0 Å². The Bertz CT molecular complexity index is 1180. The van der Waals surface area contributed by atoms with Crippen LogP contribution in [-0.4, -0.2) is 31.4 Å². The Morgan fingerprint density at radius 3 is 2.69 bits per heavy atom. The number of esters is 1. The predicted octanol–water partition coefficient (Wildman–Crippen LogP) is 4.30. The van der Waals surface area contributed by atoms with Crippen molar-refractivity contribution in [2.24, 2.45) is 10.9 Å². The third-order valence-electron chi connectivity index (χ3n) is 6.45. The molecular weight excluding hydrogens is 413 g/mol. The largest absolute Gasteiger partial charge is 0.468 e. The molecule has 0 radical (unpaired) electrons. The lowest BCUT2D eigenvalue weighted by Gasteiger charge is -2.36. The summed E-state index contributed by atoms with van der Waals surface area (Å²) >= 11 is 0. The van der Waals surface area contributed by atoms with Gasteiger partial charge in [0.2, 0.25) is 6.79 Å². The molecular formula is C25H22FNO5. The molecule has 0 aromatic heterocycles. The average Bonchev–Trinajstić information content (AvgIpc) is 3.26. The van der Waals surface area contributed by atoms with Gasteiger partial charge in [0.25, 0.3) is 0 Å². The van der Waals surface area contributed by atoms with Crippen LogP contribution in [0.3, 0.4) is 0 Å². The van der Waals surface area contributed by atoms with Crippen molar-refractivity contribution in [3.05, 3.63) is 70.7 Å². The number of Topliss-reactive ketones (excluding diaryl/α,β-unsaturated/α-hetero) is 1. The van der Waals surface area contributed by atoms with Gasteiger partial charge in [0.15, 0.2) is 17.3 Å². The van der Waals surface area contributed by atoms with Crippen molar-refractivity contribution >= 4 is 17.5 Å². The summed E-state index contributed by atoms with van der Waals surface area (Å²) in [5, 5.41) is 0. The predicted molar refractivity (Wildman–Crippen MR) is 114 cm³/mol. The van der Waals surface area contributed by atoms with Crippen molar-refractivity contribution in [2.75, 3.05) is 13.9 Å². The Morgan fingerprint density at radius 1 is 1.12 bits per heavy atom. The Hall–Kier alpha value is -3.48. The third-order valence-corrected chi connectivity index (χ3v) is 6.45. The van der Waals surface area contributed by atoms with E-state index >= 15 is 0 Å². The number of ketones is 1. The fraction of sp³-hybridized carbons (Fsp3) is 0.320. The van der Waals surface area contributed by atoms with Crippen molar-refractivity contribution in [3.8, 4) is 11.5 Å². The molecule has 2 heterocycles. The maximum absolute atomic E-state index is 14.8. The number of rotatable bonds is 3. The number of carbonyl (C=O) groups is 2. The first-order valence-corrected chi connectivity index (χ1v) is 10.5. The van der Waals surface area contributed by atoms with E-state index in [4.69, 9.17) is 14.2 Å². The second-order valence-electron chi connectivity index (χ2n) is 8.25. The second kappa shape index (κ2) is 7.89. The minimum Gasteiger partial charge on any atom is -0.468 e. The normalized spacial score (nSPS) is 24.2. The van der Waals surface area contributed by atoms with E-state index in [0.29, 0.717) is 40.5 Å². The van der Waals surface area contributed by atoms with E-state index in [1.165, 1.54) is 13.2 Å². The molecule has 0 amide bonds. The molecule has 0 bridgehead atoms. The number of aliphatic imine (C=N–C) groups is 1. The van der Waals surface area contributed by atoms with Crippen molar-refractivity contribution < 1.29 is 28.2 Å². The number of carbonyl (C=O) groups excluding carboxylic acids is 2. The SMILES string of the molecule is COC(=O)C1C(C)=NC2=C(C(=O)CC(c3ccc4c(c3)OCO4)C2)C1c1ccccc1F. The van der Waals surface area contributed by atoms with Crippen LogP contribution in [0.4, 0.5) is 4.39 Å². The van der Waals surface area contributed by atoms with Gasteiger partial charge in [-0.25, -0.2) is 4.39 Å². The minimum atomic E-state index is -0.846. The maximum Gasteiger partial charge on any atom is 0.315 e. The standard InChI is InChI=1S/C25H22FNO5/c1-13-22(25(29)30-2)23(16-5-3-4-6-17(16)26)24-18(27-13)9-15(10-19(24)28)14-7-8-20-21(11-14)32-12-31-20/h3-8,11,15,22-23H,9-10,12H2,1-2H3. The lowest BCUT2D eigenvalue weighted by atomic mass is 9.69. The van der Waals surface area contributed by atoms with E-state index in [-0.39, 0.29) is 24.9 Å². The van der Waals surface area contributed by atoms with Gasteiger partial charge in [-0.05, 0) is 48.6 Å². The zero-order chi connectivity index (χ0) is 22.4. The molecule has 5 rings (SSSR count). The van der Waals surface area contributed by atoms with E-state index in [2.05, 4.69) is 4.99 Å². The quantitative estimate of drug-likeness (QED) is 0.672. The average molecular weight is 435 g/mol. The van der Waals surface area contributed by atoms with E-state index in [0.717, 1.165) is 5.56 Å². The molecule has 0 saturated carbocycles. The fourth-order valence-electron chi connectivity index (χ4n) is 4.96. The lowest BCUT2D eigenvalue weighted by Crippen LogP contribution is -2.38. The van der Waals surface area contributed by atoms with E-state index in [9.17, 15) is 14.0 Å². The molecule has 2 aromatic carbocycles. The van der Waals surface area contributed by atoms with Crippen molar-refractivity contribution in [1.29, 1.82) is 0 Å². The highest BCUT2D eigenvalue weighted by atomic mass is 19.1. The fourth-order valence-corrected chi connectivity index (χ4v) is 4.96. The Labute approximate surface area is 184 Å². The molecule has 3 atom stereocenters. The minimum absolute atomic E-state index is 0.0942. The Morgan fingerprint density at radius 2 is 1.91 bits per heavy atom. The zero-order valence-corrected chi connectivity index (χ0v) is 17.8. The van der Waals surface area contributed by atoms with Gasteiger partial charge in [0.1, 0.15) is 11.7 Å². The number of hydrogen-bond donors (Lipinski definition) is 0. The van der Waals surface area contributed by atoms with E-state index in [1.54, 1.807) is 25.1 Å². The van der Waals surface area contributed by atoms with Crippen LogP contribution < -0.4 is 9.47 Å². The number of benzene rings is 2. The molecule has 6 nitrogen and oxygen atoms in total. The summed E-state index contributed by atoms with van der Waals surface area (Å²) in [6.45, 7) is 1.91. The molecule has 0 spiro atoms. The molecule has 7 heteroatoms. The summed E-state index contributed by atoms with van der Waals surface area (Å²) in [5.41, 5.74) is 2.80. The summed E-state index contributed by atoms with van der Waals surface area (Å²) in [4.78, 5) is 30.8. The van der Waals surface area contributed by atoms with Crippen LogP contribution >= 0.6 is 0 Å². The van der Waals surface area contributed by atoms with Crippen LogP contribution in [-0.2, 0) is 14.3 Å². The summed E-state index contributed by atoms with van der Waals surface area (Å²) in [7, 11) is 1.29. The summed E-state index contributed by atoms with van der Waals surface area (Å²) in [5.74, 6) is -1.48. The number of nitrogens with zero attached hydrogens (tertiary/aromatic N) is 1. The molecule has 1 aliphatic carbocycles. The molecule has 2 aromatic rings. The zero-order valence-electron chi connectivity index (χ0n) is 17.8. The molecule has 0 fully saturated rings. The first-order chi connectivity index (χ1) is 15.5. The number of ether oxygens (including phenoxy) is 3. The van der Waals surface area contributed by atoms with Crippen molar-refractivity contribution in [1.82, 2.24) is 0 Å². The summed E-state index contributed by atoms with van der Waals surface area (Å²) < 4.78 is 30.7. The van der Waals surface area contributed by atoms with Crippen molar-refractivity contribution in [3.63, 3.8) is 0 Å². The van der Waals surface area contributed by atoms with Gasteiger partial charge in [0.05, 0.1) is 7.11 Å². The van der Waals surface area contributed by atoms with Gasteiger partial charge in [-0.3, -0.25) is 14.6 Å². The van der Waals surface area contributed by atoms with Crippen LogP contribution in [0.25, 0.3) is 0 Å². The van der Waals surface area contributed by atoms with Gasteiger partial charge >= 0.3 is 5.97 Å². The summed E-state index contributed by atoms with van der Waals surface area (Å²) in [6, 6.07) is 11.9. The number of hydrogen-bond acceptors (Lipinski definition) is 6. The van der Waals surface area contributed by atoms with Crippen LogP contribution in [0.5, 0.6) is 11.5 Å². The Balaban J connectivity index is 1.58. The summed E-state index contributed by atoms with van der Waals surface area (Å²) in [6.07, 6.45) is 0.753. The third kappa shape index (κ3) is 3.28. The van der Waals surface area contributed by atoms with Gasteiger partial charge in [0, 0.05) is 29.3 Å². The maximum atomic E-state index is 14.8. The van der Waals surface area contributed by atoms with E-state index in [1.807, 2.05) is 18.2 Å². The van der Waals surface area contributed by atoms with E-state index < -0.39 is 23.6 Å². The number of fused-ring (bicyclic) bond motifs is 1. The molecule has 2 aliphatic heterocycles. The number of methoxy groups -OCH3 is 1. The topological polar surface area (TPSA) is 74.2 Å². The van der Waals surface area contributed by atoms with Crippen molar-refractivity contribution in [2.45, 2.75) is 31.6 Å². The van der Waals surface area contributed by atoms with Gasteiger partial charge in [-0.1, -0.05) is 24.3 Å². The van der Waals surface area contributed by atoms with Gasteiger partial charge in [-0.2, -0.15) is 0 Å². The molecule has 0 saturated heterocycles. The second-order valence-corrected chi connectivity index (χ2v) is 8.25. The molecule has 0 N–H and O–H groups in total. The number of allylic oxidation sites excluding steroid dienone is 2. The first-order valence-electron chi connectivity index (χ1n) is 10.5. The van der Waals surface area contributed by atoms with Crippen LogP contribution in [0.2, 0.25) is 0 Å². The molecule has 164 valence electrons. The highest BCUT2D eigenvalue weighted by Crippen LogP contribution is 2.48. The Kier molecular flexibility index (Phi) is 5.04. The van der Waals surface area contributed by atoms with Crippen LogP contribution in [0.15, 0.2) is 58.7 Å². The lowest BCUT2D eigenvalue weighted by molar-refractivity contribution is -0.143. The van der Waals surface area contributed by atoms with Gasteiger partial charge < -0.3 is 14.2 Å². The van der Waals surface area contributed by atoms with Crippen LogP contribution in [0.1, 0.15) is 42.7 Å². The highest BCUT2D eigenvalue weighted by Gasteiger charge is 2.45. The molecule has 32 heavy (non-hydrogen) atoms.